The second-order valence-electron chi connectivity index (χ2n) is 4.02. The van der Waals surface area contributed by atoms with Crippen LogP contribution >= 0.6 is 0 Å². The maximum Gasteiger partial charge on any atom is 0.134 e. The second-order valence-corrected chi connectivity index (χ2v) is 4.02. The molecule has 0 aliphatic rings. The van der Waals surface area contributed by atoms with Crippen LogP contribution in [0.1, 0.15) is 18.2 Å². The van der Waals surface area contributed by atoms with Gasteiger partial charge in [-0.3, -0.25) is 0 Å². The molecule has 0 saturated heterocycles. The predicted octanol–water partition coefficient (Wildman–Crippen LogP) is 2.73. The molecule has 3 nitrogen and oxygen atoms in total. The fraction of sp³-hybridized carbons (Fsp3) is 0.429. The summed E-state index contributed by atoms with van der Waals surface area (Å²) in [5, 5.41) is 4.59. The Morgan fingerprint density at radius 1 is 1.29 bits per heavy atom. The molecule has 0 aliphatic carbocycles. The molecule has 0 atom stereocenters. The lowest BCUT2D eigenvalue weighted by atomic mass is 10.1. The van der Waals surface area contributed by atoms with Gasteiger partial charge < -0.3 is 14.5 Å². The summed E-state index contributed by atoms with van der Waals surface area (Å²) in [5.74, 6) is 1.08. The Hall–Kier alpha value is -1.32. The number of nitrogens with one attached hydrogen (secondary N) is 1. The number of rotatable bonds is 6. The molecule has 0 bridgehead atoms. The highest BCUT2D eigenvalue weighted by Crippen LogP contribution is 2.25. The highest BCUT2D eigenvalue weighted by atomic mass is 16.5. The van der Waals surface area contributed by atoms with E-state index in [1.165, 1.54) is 10.9 Å². The van der Waals surface area contributed by atoms with Crippen molar-refractivity contribution in [1.82, 2.24) is 5.32 Å². The third-order valence-electron chi connectivity index (χ3n) is 2.89. The van der Waals surface area contributed by atoms with E-state index in [2.05, 4.69) is 24.4 Å². The summed E-state index contributed by atoms with van der Waals surface area (Å²) in [6.07, 6.45) is 0.927. The summed E-state index contributed by atoms with van der Waals surface area (Å²) < 4.78 is 10.9. The minimum Gasteiger partial charge on any atom is -0.461 e. The largest absolute Gasteiger partial charge is 0.461 e. The van der Waals surface area contributed by atoms with E-state index in [0.29, 0.717) is 0 Å². The van der Waals surface area contributed by atoms with Gasteiger partial charge in [-0.1, -0.05) is 25.1 Å². The summed E-state index contributed by atoms with van der Waals surface area (Å²) in [6.45, 7) is 4.55. The molecule has 92 valence electrons. The van der Waals surface area contributed by atoms with Gasteiger partial charge in [-0.25, -0.2) is 0 Å². The van der Waals surface area contributed by atoms with E-state index in [4.69, 9.17) is 9.15 Å². The summed E-state index contributed by atoms with van der Waals surface area (Å²) in [7, 11) is 1.71. The summed E-state index contributed by atoms with van der Waals surface area (Å²) in [6, 6.07) is 8.20. The van der Waals surface area contributed by atoms with Crippen molar-refractivity contribution < 1.29 is 9.15 Å². The first-order valence-electron chi connectivity index (χ1n) is 6.05. The van der Waals surface area contributed by atoms with Crippen molar-refractivity contribution in [3.05, 3.63) is 35.6 Å². The number of para-hydroxylation sites is 1. The average Bonchev–Trinajstić information content (AvgIpc) is 2.73. The first-order chi connectivity index (χ1) is 8.36. The van der Waals surface area contributed by atoms with Crippen molar-refractivity contribution in [3.63, 3.8) is 0 Å². The molecule has 0 radical (unpaired) electrons. The van der Waals surface area contributed by atoms with Crippen LogP contribution in [0.3, 0.4) is 0 Å². The molecule has 3 heteroatoms. The van der Waals surface area contributed by atoms with Crippen LogP contribution in [0.5, 0.6) is 0 Å². The van der Waals surface area contributed by atoms with E-state index in [1.54, 1.807) is 7.11 Å². The maximum atomic E-state index is 5.83. The van der Waals surface area contributed by atoms with E-state index >= 15 is 0 Å². The topological polar surface area (TPSA) is 34.4 Å². The van der Waals surface area contributed by atoms with Crippen molar-refractivity contribution in [2.24, 2.45) is 0 Å². The Morgan fingerprint density at radius 3 is 2.88 bits per heavy atom. The molecule has 17 heavy (non-hydrogen) atoms. The number of methoxy groups -OCH3 is 1. The molecule has 2 aromatic rings. The van der Waals surface area contributed by atoms with Crippen LogP contribution in [0.2, 0.25) is 0 Å². The van der Waals surface area contributed by atoms with Crippen LogP contribution in [0.4, 0.5) is 0 Å². The van der Waals surface area contributed by atoms with Gasteiger partial charge in [0.2, 0.25) is 0 Å². The van der Waals surface area contributed by atoms with Crippen LogP contribution in [0, 0.1) is 0 Å². The number of hydrogen-bond acceptors (Lipinski definition) is 3. The maximum absolute atomic E-state index is 5.83. The van der Waals surface area contributed by atoms with Gasteiger partial charge in [-0.05, 0) is 6.07 Å². The number of aryl methyl sites for hydroxylation is 1. The van der Waals surface area contributed by atoms with E-state index in [-0.39, 0.29) is 0 Å². The van der Waals surface area contributed by atoms with Crippen molar-refractivity contribution >= 4 is 11.0 Å². The normalized spacial score (nSPS) is 11.2. The Morgan fingerprint density at radius 2 is 2.12 bits per heavy atom. The molecule has 2 rings (SSSR count). The molecule has 1 N–H and O–H groups in total. The van der Waals surface area contributed by atoms with Gasteiger partial charge in [-0.15, -0.1) is 0 Å². The second kappa shape index (κ2) is 5.84. The van der Waals surface area contributed by atoms with Gasteiger partial charge in [0, 0.05) is 37.6 Å². The van der Waals surface area contributed by atoms with Gasteiger partial charge >= 0.3 is 0 Å². The molecule has 0 saturated carbocycles. The SMILES string of the molecule is CCc1oc2ccccc2c1CNCCOC. The lowest BCUT2D eigenvalue weighted by Crippen LogP contribution is -2.18. The van der Waals surface area contributed by atoms with Gasteiger partial charge in [0.15, 0.2) is 0 Å². The molecule has 0 fully saturated rings. The number of hydrogen-bond donors (Lipinski definition) is 1. The highest BCUT2D eigenvalue weighted by Gasteiger charge is 2.11. The first kappa shape index (κ1) is 12.1. The zero-order valence-corrected chi connectivity index (χ0v) is 10.5. The van der Waals surface area contributed by atoms with Gasteiger partial charge in [0.25, 0.3) is 0 Å². The van der Waals surface area contributed by atoms with Crippen LogP contribution in [0.15, 0.2) is 28.7 Å². The third kappa shape index (κ3) is 2.68. The lowest BCUT2D eigenvalue weighted by molar-refractivity contribution is 0.199. The van der Waals surface area contributed by atoms with E-state index in [0.717, 1.165) is 37.5 Å². The van der Waals surface area contributed by atoms with E-state index < -0.39 is 0 Å². The van der Waals surface area contributed by atoms with Gasteiger partial charge in [-0.2, -0.15) is 0 Å². The van der Waals surface area contributed by atoms with Crippen molar-refractivity contribution in [1.29, 1.82) is 0 Å². The summed E-state index contributed by atoms with van der Waals surface area (Å²) in [5.41, 5.74) is 2.26. The van der Waals surface area contributed by atoms with Crippen LogP contribution in [-0.4, -0.2) is 20.3 Å². The Kier molecular flexibility index (Phi) is 4.18. The molecule has 0 spiro atoms. The van der Waals surface area contributed by atoms with Gasteiger partial charge in [0.05, 0.1) is 6.61 Å². The van der Waals surface area contributed by atoms with Gasteiger partial charge in [0.1, 0.15) is 11.3 Å². The quantitative estimate of drug-likeness (QED) is 0.779. The van der Waals surface area contributed by atoms with Crippen LogP contribution in [-0.2, 0) is 17.7 Å². The minimum absolute atomic E-state index is 0.733. The van der Waals surface area contributed by atoms with E-state index in [9.17, 15) is 0 Å². The fourth-order valence-electron chi connectivity index (χ4n) is 2.02. The molecule has 1 aromatic heterocycles. The van der Waals surface area contributed by atoms with Crippen molar-refractivity contribution in [3.8, 4) is 0 Å². The zero-order chi connectivity index (χ0) is 12.1. The zero-order valence-electron chi connectivity index (χ0n) is 10.5. The molecule has 1 heterocycles. The molecule has 0 amide bonds. The first-order valence-corrected chi connectivity index (χ1v) is 6.05. The highest BCUT2D eigenvalue weighted by molar-refractivity contribution is 5.82. The molecule has 1 aromatic carbocycles. The molecular weight excluding hydrogens is 214 g/mol. The number of furan rings is 1. The summed E-state index contributed by atoms with van der Waals surface area (Å²) >= 11 is 0. The third-order valence-corrected chi connectivity index (χ3v) is 2.89. The molecule has 0 aliphatic heterocycles. The van der Waals surface area contributed by atoms with Crippen molar-refractivity contribution in [2.75, 3.05) is 20.3 Å². The molecular formula is C14H19NO2. The number of ether oxygens (including phenoxy) is 1. The predicted molar refractivity (Wildman–Crippen MR) is 69.2 cm³/mol. The monoisotopic (exact) mass is 233 g/mol. The fourth-order valence-corrected chi connectivity index (χ4v) is 2.02. The van der Waals surface area contributed by atoms with E-state index in [1.807, 2.05) is 12.1 Å². The standard InChI is InChI=1S/C14H19NO2/c1-3-13-12(10-15-8-9-16-2)11-6-4-5-7-14(11)17-13/h4-7,15H,3,8-10H2,1-2H3. The molecule has 0 unspecified atom stereocenters. The Balaban J connectivity index is 2.18. The summed E-state index contributed by atoms with van der Waals surface area (Å²) in [4.78, 5) is 0. The number of benzene rings is 1. The number of fused-ring (bicyclic) bond motifs is 1. The Labute approximate surface area is 102 Å². The Bertz CT molecular complexity index is 476. The van der Waals surface area contributed by atoms with Crippen LogP contribution in [0.25, 0.3) is 11.0 Å². The average molecular weight is 233 g/mol. The lowest BCUT2D eigenvalue weighted by Gasteiger charge is -2.04. The van der Waals surface area contributed by atoms with Crippen LogP contribution < -0.4 is 5.32 Å². The van der Waals surface area contributed by atoms with Crippen molar-refractivity contribution in [2.45, 2.75) is 19.9 Å². The minimum atomic E-state index is 0.733. The smallest absolute Gasteiger partial charge is 0.134 e.